The summed E-state index contributed by atoms with van der Waals surface area (Å²) >= 11 is 0. The van der Waals surface area contributed by atoms with Crippen molar-refractivity contribution in [3.63, 3.8) is 0 Å². The van der Waals surface area contributed by atoms with Gasteiger partial charge in [0.05, 0.1) is 0 Å². The zero-order valence-corrected chi connectivity index (χ0v) is 8.22. The molecule has 1 saturated carbocycles. The SMILES string of the molecule is CNC1[CH]CC(NC)C(NC)C1. The van der Waals surface area contributed by atoms with E-state index in [1.807, 2.05) is 21.1 Å². The molecule has 3 unspecified atom stereocenters. The smallest absolute Gasteiger partial charge is 0.0233 e. The fourth-order valence-electron chi connectivity index (χ4n) is 1.88. The summed E-state index contributed by atoms with van der Waals surface area (Å²) < 4.78 is 0. The average Bonchev–Trinajstić information content (AvgIpc) is 2.16. The molecule has 12 heavy (non-hydrogen) atoms. The molecule has 3 heteroatoms. The van der Waals surface area contributed by atoms with Crippen LogP contribution in [0.2, 0.25) is 0 Å². The zero-order valence-electron chi connectivity index (χ0n) is 8.22. The van der Waals surface area contributed by atoms with E-state index >= 15 is 0 Å². The van der Waals surface area contributed by atoms with Crippen molar-refractivity contribution in [3.05, 3.63) is 6.42 Å². The quantitative estimate of drug-likeness (QED) is 0.546. The number of rotatable bonds is 3. The van der Waals surface area contributed by atoms with Crippen molar-refractivity contribution in [2.45, 2.75) is 31.0 Å². The van der Waals surface area contributed by atoms with Gasteiger partial charge in [-0.2, -0.15) is 0 Å². The van der Waals surface area contributed by atoms with Gasteiger partial charge in [0.1, 0.15) is 0 Å². The molecule has 3 nitrogen and oxygen atoms in total. The minimum atomic E-state index is 0.576. The number of hydrogen-bond donors (Lipinski definition) is 3. The van der Waals surface area contributed by atoms with Gasteiger partial charge in [-0.3, -0.25) is 0 Å². The molecule has 1 aliphatic carbocycles. The summed E-state index contributed by atoms with van der Waals surface area (Å²) in [6.45, 7) is 0. The predicted octanol–water partition coefficient (Wildman–Crippen LogP) is -0.252. The molecule has 1 rings (SSSR count). The van der Waals surface area contributed by atoms with Crippen LogP contribution >= 0.6 is 0 Å². The maximum Gasteiger partial charge on any atom is 0.0233 e. The zero-order chi connectivity index (χ0) is 8.97. The molecule has 0 aromatic carbocycles. The van der Waals surface area contributed by atoms with E-state index in [2.05, 4.69) is 22.4 Å². The van der Waals surface area contributed by atoms with Crippen LogP contribution in [0.5, 0.6) is 0 Å². The molecule has 71 valence electrons. The van der Waals surface area contributed by atoms with Crippen LogP contribution in [0.25, 0.3) is 0 Å². The van der Waals surface area contributed by atoms with Crippen molar-refractivity contribution >= 4 is 0 Å². The highest BCUT2D eigenvalue weighted by atomic mass is 15.0. The van der Waals surface area contributed by atoms with Gasteiger partial charge in [0.25, 0.3) is 0 Å². The van der Waals surface area contributed by atoms with Gasteiger partial charge in [0.2, 0.25) is 0 Å². The molecule has 0 aliphatic heterocycles. The first-order valence-electron chi connectivity index (χ1n) is 4.67. The van der Waals surface area contributed by atoms with Crippen LogP contribution in [0.4, 0.5) is 0 Å². The van der Waals surface area contributed by atoms with Crippen LogP contribution < -0.4 is 16.0 Å². The Labute approximate surface area is 75.3 Å². The van der Waals surface area contributed by atoms with E-state index in [0.29, 0.717) is 18.1 Å². The second-order valence-corrected chi connectivity index (χ2v) is 3.39. The van der Waals surface area contributed by atoms with Crippen molar-refractivity contribution in [2.75, 3.05) is 21.1 Å². The van der Waals surface area contributed by atoms with Gasteiger partial charge < -0.3 is 16.0 Å². The second kappa shape index (κ2) is 4.80. The van der Waals surface area contributed by atoms with E-state index in [4.69, 9.17) is 0 Å². The van der Waals surface area contributed by atoms with Gasteiger partial charge >= 0.3 is 0 Å². The largest absolute Gasteiger partial charge is 0.317 e. The molecule has 0 bridgehead atoms. The van der Waals surface area contributed by atoms with E-state index in [9.17, 15) is 0 Å². The molecule has 0 heterocycles. The highest BCUT2D eigenvalue weighted by Crippen LogP contribution is 2.17. The van der Waals surface area contributed by atoms with Crippen LogP contribution in [0, 0.1) is 6.42 Å². The third-order valence-corrected chi connectivity index (χ3v) is 2.78. The highest BCUT2D eigenvalue weighted by molar-refractivity contribution is 4.99. The van der Waals surface area contributed by atoms with E-state index < -0.39 is 0 Å². The average molecular weight is 170 g/mol. The van der Waals surface area contributed by atoms with Crippen LogP contribution in [-0.4, -0.2) is 39.3 Å². The van der Waals surface area contributed by atoms with Crippen molar-refractivity contribution < 1.29 is 0 Å². The number of hydrogen-bond acceptors (Lipinski definition) is 3. The van der Waals surface area contributed by atoms with Crippen LogP contribution in [0.3, 0.4) is 0 Å². The molecule has 0 aromatic rings. The van der Waals surface area contributed by atoms with Crippen molar-refractivity contribution in [1.29, 1.82) is 0 Å². The lowest BCUT2D eigenvalue weighted by atomic mass is 9.87. The molecule has 0 aromatic heterocycles. The maximum absolute atomic E-state index is 3.35. The number of likely N-dealkylation sites (N-methyl/N-ethyl adjacent to an activating group) is 2. The van der Waals surface area contributed by atoms with Crippen LogP contribution in [-0.2, 0) is 0 Å². The van der Waals surface area contributed by atoms with Crippen molar-refractivity contribution in [2.24, 2.45) is 0 Å². The summed E-state index contributed by atoms with van der Waals surface area (Å²) in [5.74, 6) is 0. The molecule has 0 saturated heterocycles. The third kappa shape index (κ3) is 2.19. The van der Waals surface area contributed by atoms with Crippen molar-refractivity contribution in [1.82, 2.24) is 16.0 Å². The molecule has 1 radical (unpaired) electrons. The Balaban J connectivity index is 2.41. The molecule has 0 spiro atoms. The fraction of sp³-hybridized carbons (Fsp3) is 0.889. The Morgan fingerprint density at radius 1 is 1.00 bits per heavy atom. The summed E-state index contributed by atoms with van der Waals surface area (Å²) in [6, 6.07) is 1.77. The van der Waals surface area contributed by atoms with E-state index in [1.54, 1.807) is 0 Å². The summed E-state index contributed by atoms with van der Waals surface area (Å²) in [4.78, 5) is 0. The molecule has 0 amide bonds. The van der Waals surface area contributed by atoms with Crippen LogP contribution in [0.1, 0.15) is 12.8 Å². The first-order chi connectivity index (χ1) is 5.81. The maximum atomic E-state index is 3.35. The van der Waals surface area contributed by atoms with Gasteiger partial charge in [0, 0.05) is 18.1 Å². The summed E-state index contributed by atoms with van der Waals surface area (Å²) in [5.41, 5.74) is 0. The lowest BCUT2D eigenvalue weighted by molar-refractivity contribution is 0.311. The van der Waals surface area contributed by atoms with E-state index in [1.165, 1.54) is 6.42 Å². The number of nitrogens with one attached hydrogen (secondary N) is 3. The van der Waals surface area contributed by atoms with E-state index in [0.717, 1.165) is 6.42 Å². The Bertz CT molecular complexity index is 127. The standard InChI is InChI=1S/C9H20N3/c1-10-7-4-5-8(11-2)9(6-7)12-3/h4,7-12H,5-6H2,1-3H3. The van der Waals surface area contributed by atoms with Gasteiger partial charge in [-0.15, -0.1) is 0 Å². The molecule has 3 atom stereocenters. The minimum absolute atomic E-state index is 0.576. The van der Waals surface area contributed by atoms with Crippen molar-refractivity contribution in [3.8, 4) is 0 Å². The lowest BCUT2D eigenvalue weighted by Crippen LogP contribution is -2.52. The van der Waals surface area contributed by atoms with Gasteiger partial charge in [-0.05, 0) is 40.4 Å². The second-order valence-electron chi connectivity index (χ2n) is 3.39. The molecule has 1 aliphatic rings. The summed E-state index contributed by atoms with van der Waals surface area (Å²) in [6.07, 6.45) is 4.68. The Morgan fingerprint density at radius 3 is 2.17 bits per heavy atom. The monoisotopic (exact) mass is 170 g/mol. The fourth-order valence-corrected chi connectivity index (χ4v) is 1.88. The van der Waals surface area contributed by atoms with Gasteiger partial charge in [-0.25, -0.2) is 0 Å². The highest BCUT2D eigenvalue weighted by Gasteiger charge is 2.27. The lowest BCUT2D eigenvalue weighted by Gasteiger charge is -2.35. The Morgan fingerprint density at radius 2 is 1.67 bits per heavy atom. The summed E-state index contributed by atoms with van der Waals surface area (Å²) in [7, 11) is 6.09. The Hall–Kier alpha value is -0.120. The first-order valence-corrected chi connectivity index (χ1v) is 4.67. The van der Waals surface area contributed by atoms with Gasteiger partial charge in [-0.1, -0.05) is 0 Å². The molecule has 1 fully saturated rings. The molecule has 3 N–H and O–H groups in total. The normalized spacial score (nSPS) is 36.8. The summed E-state index contributed by atoms with van der Waals surface area (Å²) in [5, 5.41) is 9.96. The van der Waals surface area contributed by atoms with E-state index in [-0.39, 0.29) is 0 Å². The minimum Gasteiger partial charge on any atom is -0.317 e. The third-order valence-electron chi connectivity index (χ3n) is 2.78. The van der Waals surface area contributed by atoms with Gasteiger partial charge in [0.15, 0.2) is 0 Å². The van der Waals surface area contributed by atoms with Crippen LogP contribution in [0.15, 0.2) is 0 Å². The first kappa shape index (κ1) is 9.96. The topological polar surface area (TPSA) is 36.1 Å². The predicted molar refractivity (Wildman–Crippen MR) is 52.1 cm³/mol. The molecular formula is C9H20N3. The molecular weight excluding hydrogens is 150 g/mol. The Kier molecular flexibility index (Phi) is 3.98.